The van der Waals surface area contributed by atoms with Crippen LogP contribution < -0.4 is 5.32 Å². The first kappa shape index (κ1) is 30.9. The lowest BCUT2D eigenvalue weighted by atomic mass is 9.74. The number of hydrogen-bond acceptors (Lipinski definition) is 7. The highest BCUT2D eigenvalue weighted by Crippen LogP contribution is 2.56. The number of esters is 1. The number of carbonyl (C=O) groups is 4. The predicted molar refractivity (Wildman–Crippen MR) is 158 cm³/mol. The highest BCUT2D eigenvalue weighted by molar-refractivity contribution is 6.00. The molecule has 5 rings (SSSR count). The molecule has 4 aliphatic rings. The Hall–Kier alpha value is -3.50. The van der Waals surface area contributed by atoms with E-state index in [-0.39, 0.29) is 43.9 Å². The number of nitrogens with one attached hydrogen (secondary N) is 1. The minimum Gasteiger partial charge on any atom is -0.463 e. The molecule has 43 heavy (non-hydrogen) atoms. The number of rotatable bonds is 4. The van der Waals surface area contributed by atoms with Crippen LogP contribution in [0.2, 0.25) is 0 Å². The van der Waals surface area contributed by atoms with E-state index in [1.54, 1.807) is 17.1 Å². The van der Waals surface area contributed by atoms with Gasteiger partial charge in [-0.05, 0) is 38.7 Å². The molecular formula is C33H43N3O7. The molecule has 2 fully saturated rings. The zero-order chi connectivity index (χ0) is 31.1. The number of hydrogen-bond donors (Lipinski definition) is 2. The summed E-state index contributed by atoms with van der Waals surface area (Å²) in [6.07, 6.45) is 7.11. The zero-order valence-corrected chi connectivity index (χ0v) is 25.6. The number of cyclic esters (lactones) is 1. The summed E-state index contributed by atoms with van der Waals surface area (Å²) in [5.41, 5.74) is -1.23. The molecule has 10 heteroatoms. The van der Waals surface area contributed by atoms with E-state index < -0.39 is 59.1 Å². The Morgan fingerprint density at radius 1 is 1.07 bits per heavy atom. The van der Waals surface area contributed by atoms with Gasteiger partial charge < -0.3 is 29.7 Å². The fraction of sp³-hybridized carbons (Fsp3) is 0.576. The molecule has 0 aromatic heterocycles. The molecule has 0 radical (unpaired) electrons. The van der Waals surface area contributed by atoms with Crippen LogP contribution >= 0.6 is 0 Å². The molecule has 0 saturated carbocycles. The molecule has 4 heterocycles. The van der Waals surface area contributed by atoms with Crippen molar-refractivity contribution in [3.8, 4) is 0 Å². The van der Waals surface area contributed by atoms with Crippen molar-refractivity contribution >= 4 is 23.7 Å². The second-order valence-corrected chi connectivity index (χ2v) is 13.2. The normalized spacial score (nSPS) is 33.0. The number of nitrogens with zero attached hydrogens (tertiary/aromatic N) is 2. The Kier molecular flexibility index (Phi) is 8.55. The number of aliphatic hydroxyl groups is 1. The molecule has 10 nitrogen and oxygen atoms in total. The first-order valence-corrected chi connectivity index (χ1v) is 15.2. The van der Waals surface area contributed by atoms with Crippen molar-refractivity contribution in [3.05, 3.63) is 60.2 Å². The summed E-state index contributed by atoms with van der Waals surface area (Å²) in [6, 6.07) is 6.85. The minimum absolute atomic E-state index is 0.0683. The highest BCUT2D eigenvalue weighted by atomic mass is 16.5. The summed E-state index contributed by atoms with van der Waals surface area (Å²) in [5.74, 6) is -3.55. The van der Waals surface area contributed by atoms with Crippen LogP contribution in [-0.4, -0.2) is 87.7 Å². The van der Waals surface area contributed by atoms with Crippen LogP contribution in [0.5, 0.6) is 0 Å². The maximum Gasteiger partial charge on any atom is 0.306 e. The smallest absolute Gasteiger partial charge is 0.306 e. The van der Waals surface area contributed by atoms with Crippen LogP contribution in [0.1, 0.15) is 59.1 Å². The number of ether oxygens (including phenoxy) is 2. The van der Waals surface area contributed by atoms with E-state index >= 15 is 0 Å². The zero-order valence-electron chi connectivity index (χ0n) is 25.6. The lowest BCUT2D eigenvalue weighted by Gasteiger charge is -2.43. The Labute approximate surface area is 253 Å². The molecule has 1 spiro atoms. The van der Waals surface area contributed by atoms with Gasteiger partial charge in [0.1, 0.15) is 18.2 Å². The molecule has 7 atom stereocenters. The molecular weight excluding hydrogens is 550 g/mol. The molecule has 2 saturated heterocycles. The number of fused-ring (bicyclic) bond motifs is 2. The van der Waals surface area contributed by atoms with Crippen LogP contribution in [-0.2, 0) is 28.7 Å². The average Bonchev–Trinajstić information content (AvgIpc) is 3.60. The van der Waals surface area contributed by atoms with Gasteiger partial charge in [-0.25, -0.2) is 0 Å². The van der Waals surface area contributed by atoms with Crippen LogP contribution in [0.15, 0.2) is 54.6 Å². The summed E-state index contributed by atoms with van der Waals surface area (Å²) in [5, 5.41) is 13.5. The first-order valence-electron chi connectivity index (χ1n) is 15.2. The first-order chi connectivity index (χ1) is 20.4. The van der Waals surface area contributed by atoms with E-state index in [1.165, 1.54) is 4.90 Å². The van der Waals surface area contributed by atoms with Crippen molar-refractivity contribution in [1.82, 2.24) is 15.1 Å². The standard InChI is InChI=1S/C33H43N3O7/c1-20(2)23(18-37)36-28-31(41)35(32(3,4)5)17-11-7-10-14-25(38)42-19-22(21-12-8-6-9-13-21)34-29(39)26-24-15-16-33(28,43-24)27(26)30(36)40/h6-9,11-13,15-16,20,22-24,26-28,37H,10,14,17-19H2,1-5H3,(H,34,39)/b11-7-/t22-,23-,24-,26+,27+,28-,33+/m0/s1. The van der Waals surface area contributed by atoms with E-state index in [2.05, 4.69) is 5.32 Å². The molecule has 0 unspecified atom stereocenters. The quantitative estimate of drug-likeness (QED) is 0.406. The monoisotopic (exact) mass is 593 g/mol. The summed E-state index contributed by atoms with van der Waals surface area (Å²) >= 11 is 0. The van der Waals surface area contributed by atoms with Gasteiger partial charge in [0.05, 0.1) is 36.6 Å². The number of allylic oxidation sites excluding steroid dienone is 1. The maximum absolute atomic E-state index is 14.7. The minimum atomic E-state index is -1.36. The van der Waals surface area contributed by atoms with E-state index in [0.29, 0.717) is 6.42 Å². The lowest BCUT2D eigenvalue weighted by Crippen LogP contribution is -2.62. The predicted octanol–water partition coefficient (Wildman–Crippen LogP) is 2.53. The highest BCUT2D eigenvalue weighted by Gasteiger charge is 2.74. The fourth-order valence-electron chi connectivity index (χ4n) is 6.93. The van der Waals surface area contributed by atoms with E-state index in [1.807, 2.05) is 77.1 Å². The van der Waals surface area contributed by atoms with Gasteiger partial charge in [0.15, 0.2) is 0 Å². The van der Waals surface area contributed by atoms with Crippen molar-refractivity contribution in [1.29, 1.82) is 0 Å². The fourth-order valence-corrected chi connectivity index (χ4v) is 6.93. The van der Waals surface area contributed by atoms with Crippen molar-refractivity contribution in [2.75, 3.05) is 19.8 Å². The Balaban J connectivity index is 1.61. The van der Waals surface area contributed by atoms with Crippen molar-refractivity contribution in [2.45, 2.75) is 82.8 Å². The van der Waals surface area contributed by atoms with E-state index in [9.17, 15) is 24.3 Å². The third-order valence-electron chi connectivity index (χ3n) is 9.14. The number of likely N-dealkylation sites (tertiary alicyclic amines) is 1. The van der Waals surface area contributed by atoms with Gasteiger partial charge in [0.2, 0.25) is 17.7 Å². The Morgan fingerprint density at radius 2 is 1.79 bits per heavy atom. The third kappa shape index (κ3) is 5.51. The number of aliphatic hydroxyl groups excluding tert-OH is 1. The Morgan fingerprint density at radius 3 is 2.44 bits per heavy atom. The summed E-state index contributed by atoms with van der Waals surface area (Å²) in [6.45, 7) is 9.40. The molecule has 3 amide bonds. The topological polar surface area (TPSA) is 125 Å². The van der Waals surface area contributed by atoms with Crippen molar-refractivity contribution in [3.63, 3.8) is 0 Å². The summed E-state index contributed by atoms with van der Waals surface area (Å²) in [7, 11) is 0. The van der Waals surface area contributed by atoms with Crippen LogP contribution in [0.4, 0.5) is 0 Å². The SMILES string of the molecule is CC(C)[C@H](CO)N1C(=O)[C@H]2[C@@H]3C(=O)N[C@H](c4ccccc4)COC(=O)CC/C=C\CN(C(C)(C)C)C(=O)[C@H]1[C@@]21C=C[C@@H]3O1. The summed E-state index contributed by atoms with van der Waals surface area (Å²) < 4.78 is 12.1. The lowest BCUT2D eigenvalue weighted by molar-refractivity contribution is -0.154. The van der Waals surface area contributed by atoms with E-state index in [4.69, 9.17) is 9.47 Å². The van der Waals surface area contributed by atoms with Gasteiger partial charge in [0, 0.05) is 18.5 Å². The molecule has 4 aliphatic heterocycles. The second-order valence-electron chi connectivity index (χ2n) is 13.2. The molecule has 1 aromatic rings. The van der Waals surface area contributed by atoms with Gasteiger partial charge >= 0.3 is 5.97 Å². The van der Waals surface area contributed by atoms with Crippen LogP contribution in [0.25, 0.3) is 0 Å². The van der Waals surface area contributed by atoms with Crippen LogP contribution in [0, 0.1) is 17.8 Å². The van der Waals surface area contributed by atoms with Gasteiger partial charge in [0.25, 0.3) is 0 Å². The number of amides is 3. The van der Waals surface area contributed by atoms with Gasteiger partial charge in [-0.2, -0.15) is 0 Å². The van der Waals surface area contributed by atoms with Crippen molar-refractivity contribution in [2.24, 2.45) is 17.8 Å². The Bertz CT molecular complexity index is 1300. The second kappa shape index (κ2) is 11.9. The van der Waals surface area contributed by atoms with Gasteiger partial charge in [-0.15, -0.1) is 0 Å². The summed E-state index contributed by atoms with van der Waals surface area (Å²) in [4.78, 5) is 59.0. The molecule has 1 aromatic carbocycles. The molecule has 2 N–H and O–H groups in total. The van der Waals surface area contributed by atoms with Gasteiger partial charge in [-0.1, -0.05) is 68.5 Å². The maximum atomic E-state index is 14.7. The molecule has 232 valence electrons. The third-order valence-corrected chi connectivity index (χ3v) is 9.14. The average molecular weight is 594 g/mol. The number of carbonyl (C=O) groups excluding carboxylic acids is 4. The van der Waals surface area contributed by atoms with E-state index in [0.717, 1.165) is 5.56 Å². The van der Waals surface area contributed by atoms with Gasteiger partial charge in [-0.3, -0.25) is 19.2 Å². The van der Waals surface area contributed by atoms with Crippen LogP contribution in [0.3, 0.4) is 0 Å². The molecule has 0 aliphatic carbocycles. The van der Waals surface area contributed by atoms with Crippen molar-refractivity contribution < 1.29 is 33.8 Å². The largest absolute Gasteiger partial charge is 0.463 e. The number of benzene rings is 1. The molecule has 5 bridgehead atoms.